The third kappa shape index (κ3) is 10.2. The lowest BCUT2D eigenvalue weighted by Gasteiger charge is -2.44. The highest BCUT2D eigenvalue weighted by Crippen LogP contribution is 2.37. The van der Waals surface area contributed by atoms with E-state index in [9.17, 15) is 24.0 Å². The Labute approximate surface area is 339 Å². The van der Waals surface area contributed by atoms with Crippen molar-refractivity contribution >= 4 is 48.1 Å². The van der Waals surface area contributed by atoms with Crippen molar-refractivity contribution in [2.45, 2.75) is 128 Å². The van der Waals surface area contributed by atoms with Crippen LogP contribution in [0.4, 0.5) is 0 Å². The van der Waals surface area contributed by atoms with Crippen LogP contribution in [0.15, 0.2) is 103 Å². The van der Waals surface area contributed by atoms with Crippen LogP contribution in [-0.4, -0.2) is 78.9 Å². The summed E-state index contributed by atoms with van der Waals surface area (Å²) in [7, 11) is -2.93. The monoisotopic (exact) mass is 792 g/mol. The van der Waals surface area contributed by atoms with E-state index >= 15 is 0 Å². The summed E-state index contributed by atoms with van der Waals surface area (Å²) in [6.07, 6.45) is 6.20. The second kappa shape index (κ2) is 19.0. The summed E-state index contributed by atoms with van der Waals surface area (Å²) < 4.78 is 7.00. The lowest BCUT2D eigenvalue weighted by molar-refractivity contribution is -0.147. The number of carbonyl (C=O) groups is 5. The molecular weight excluding hydrogens is 733 g/mol. The normalized spacial score (nSPS) is 23.1. The van der Waals surface area contributed by atoms with Gasteiger partial charge < -0.3 is 25.3 Å². The average molecular weight is 793 g/mol. The van der Waals surface area contributed by atoms with Crippen molar-refractivity contribution in [2.24, 2.45) is 0 Å². The minimum absolute atomic E-state index is 0.0614. The van der Waals surface area contributed by atoms with E-state index < -0.39 is 49.9 Å². The lowest BCUT2D eigenvalue weighted by Crippen LogP contribution is -2.68. The Morgan fingerprint density at radius 1 is 0.860 bits per heavy atom. The molecule has 0 bridgehead atoms. The molecule has 5 atom stereocenters. The minimum Gasteiger partial charge on any atom is -0.398 e. The van der Waals surface area contributed by atoms with Crippen LogP contribution >= 0.6 is 0 Å². The second-order valence-electron chi connectivity index (χ2n) is 16.6. The molecule has 2 fully saturated rings. The highest BCUT2D eigenvalue weighted by molar-refractivity contribution is 6.99. The number of ketones is 1. The molecule has 3 aromatic rings. The van der Waals surface area contributed by atoms with Crippen molar-refractivity contribution in [1.29, 1.82) is 0 Å². The fourth-order valence-corrected chi connectivity index (χ4v) is 12.7. The molecular formula is C46H60N4O6Si. The first-order chi connectivity index (χ1) is 27.2. The molecule has 0 unspecified atom stereocenters. The predicted octanol–water partition coefficient (Wildman–Crippen LogP) is 5.14. The molecule has 4 amide bonds. The van der Waals surface area contributed by atoms with Gasteiger partial charge >= 0.3 is 0 Å². The maximum atomic E-state index is 14.2. The van der Waals surface area contributed by atoms with Gasteiger partial charge in [0, 0.05) is 19.4 Å². The molecule has 0 aromatic heterocycles. The third-order valence-corrected chi connectivity index (χ3v) is 16.7. The number of hydrogen-bond acceptors (Lipinski definition) is 6. The van der Waals surface area contributed by atoms with Gasteiger partial charge in [-0.15, -0.1) is 0 Å². The Balaban J connectivity index is 1.30. The van der Waals surface area contributed by atoms with Crippen molar-refractivity contribution in [2.75, 3.05) is 6.54 Å². The van der Waals surface area contributed by atoms with Crippen LogP contribution in [0, 0.1) is 0 Å². The Morgan fingerprint density at radius 3 is 2.04 bits per heavy atom. The third-order valence-electron chi connectivity index (χ3n) is 11.5. The number of fused-ring (bicyclic) bond motifs is 1. The SMILES string of the molecule is CC[C@]1(C)NC(=O)[C@H](CCC=CCC(=O)[C@@H](C)O[Si](c2ccccc2)(c2ccccc2)C(C)(C)C)NC(=O)[C@H]2CCCCN2C(=O)[C@H](Cc2ccccc2)NC1=O. The number of nitrogens with zero attached hydrogens (tertiary/aromatic N) is 1. The fourth-order valence-electron chi connectivity index (χ4n) is 8.01. The number of rotatable bonds is 13. The molecule has 5 rings (SSSR count). The van der Waals surface area contributed by atoms with Gasteiger partial charge in [0.1, 0.15) is 29.8 Å². The van der Waals surface area contributed by atoms with Gasteiger partial charge in [0.2, 0.25) is 23.6 Å². The molecule has 2 aliphatic heterocycles. The smallest absolute Gasteiger partial charge is 0.262 e. The van der Waals surface area contributed by atoms with E-state index in [2.05, 4.69) is 61.0 Å². The highest BCUT2D eigenvalue weighted by atomic mass is 28.4. The Bertz CT molecular complexity index is 1840. The van der Waals surface area contributed by atoms with E-state index in [1.165, 1.54) is 0 Å². The fraction of sp³-hybridized carbons (Fsp3) is 0.457. The van der Waals surface area contributed by atoms with Gasteiger partial charge in [-0.3, -0.25) is 24.0 Å². The largest absolute Gasteiger partial charge is 0.398 e. The maximum absolute atomic E-state index is 14.2. The summed E-state index contributed by atoms with van der Waals surface area (Å²) in [5.74, 6) is -1.70. The molecule has 3 aromatic carbocycles. The molecule has 2 saturated heterocycles. The Morgan fingerprint density at radius 2 is 1.46 bits per heavy atom. The summed E-state index contributed by atoms with van der Waals surface area (Å²) in [5.41, 5.74) is -0.459. The maximum Gasteiger partial charge on any atom is 0.262 e. The van der Waals surface area contributed by atoms with Crippen LogP contribution in [-0.2, 0) is 34.8 Å². The molecule has 2 heterocycles. The molecule has 0 saturated carbocycles. The van der Waals surface area contributed by atoms with Gasteiger partial charge in [0.25, 0.3) is 8.32 Å². The van der Waals surface area contributed by atoms with Crippen LogP contribution in [0.5, 0.6) is 0 Å². The van der Waals surface area contributed by atoms with Crippen molar-refractivity contribution < 1.29 is 28.4 Å². The van der Waals surface area contributed by atoms with Crippen molar-refractivity contribution in [3.05, 3.63) is 109 Å². The molecule has 10 nitrogen and oxygen atoms in total. The Kier molecular flexibility index (Phi) is 14.5. The van der Waals surface area contributed by atoms with Crippen LogP contribution in [0.3, 0.4) is 0 Å². The minimum atomic E-state index is -2.93. The average Bonchev–Trinajstić information content (AvgIpc) is 3.21. The van der Waals surface area contributed by atoms with E-state index in [0.29, 0.717) is 19.4 Å². The molecule has 0 aliphatic carbocycles. The van der Waals surface area contributed by atoms with Gasteiger partial charge in [-0.2, -0.15) is 0 Å². The summed E-state index contributed by atoms with van der Waals surface area (Å²) in [5, 5.41) is 10.7. The number of nitrogens with one attached hydrogen (secondary N) is 3. The number of piperidine rings is 1. The van der Waals surface area contributed by atoms with Gasteiger partial charge in [0.05, 0.1) is 0 Å². The quantitative estimate of drug-likeness (QED) is 0.162. The molecule has 2 aliphatic rings. The van der Waals surface area contributed by atoms with Crippen LogP contribution < -0.4 is 26.3 Å². The molecule has 57 heavy (non-hydrogen) atoms. The van der Waals surface area contributed by atoms with Crippen LogP contribution in [0.2, 0.25) is 5.04 Å². The Hall–Kier alpha value is -4.87. The summed E-state index contributed by atoms with van der Waals surface area (Å²) >= 11 is 0. The second-order valence-corrected chi connectivity index (χ2v) is 20.9. The van der Waals surface area contributed by atoms with E-state index in [-0.39, 0.29) is 48.3 Å². The summed E-state index contributed by atoms with van der Waals surface area (Å²) in [6, 6.07) is 27.2. The zero-order valence-corrected chi connectivity index (χ0v) is 35.4. The first-order valence-electron chi connectivity index (χ1n) is 20.4. The summed E-state index contributed by atoms with van der Waals surface area (Å²) in [4.78, 5) is 71.1. The van der Waals surface area contributed by atoms with Crippen molar-refractivity contribution in [1.82, 2.24) is 20.9 Å². The number of Topliss-reactive ketones (excluding diaryl/α,β-unsaturated/α-hetero) is 1. The highest BCUT2D eigenvalue weighted by Gasteiger charge is 2.51. The van der Waals surface area contributed by atoms with Crippen LogP contribution in [0.1, 0.15) is 92.1 Å². The number of benzene rings is 3. The van der Waals surface area contributed by atoms with E-state index in [1.807, 2.05) is 79.7 Å². The topological polar surface area (TPSA) is 134 Å². The van der Waals surface area contributed by atoms with E-state index in [0.717, 1.165) is 28.8 Å². The zero-order valence-electron chi connectivity index (χ0n) is 34.4. The van der Waals surface area contributed by atoms with Gasteiger partial charge in [-0.1, -0.05) is 131 Å². The standard InChI is InChI=1S/C46H60N4O6Si/c1-7-46(6)44(55)48-38(32-34-22-12-8-13-23-34)43(54)50-31-21-20-29-39(50)42(53)47-37(41(52)49-46)28-18-11-19-30-40(51)33(2)56-57(45(3,4)5,35-24-14-9-15-25-35)36-26-16-10-17-27-36/h8-17,19,22-27,33,37-39H,7,18,20-21,28-32H2,1-6H3,(H,47,53)(H,48,55)(H,49,52)/t33-,37+,38+,39-,46+/m1/s1. The van der Waals surface area contributed by atoms with Crippen LogP contribution in [0.25, 0.3) is 0 Å². The molecule has 0 radical (unpaired) electrons. The van der Waals surface area contributed by atoms with Crippen molar-refractivity contribution in [3.8, 4) is 0 Å². The number of amides is 4. The van der Waals surface area contributed by atoms with Gasteiger partial charge in [0.15, 0.2) is 5.78 Å². The first-order valence-corrected chi connectivity index (χ1v) is 22.4. The number of hydrogen-bond donors (Lipinski definition) is 3. The molecule has 304 valence electrons. The zero-order chi connectivity index (χ0) is 41.2. The predicted molar refractivity (Wildman–Crippen MR) is 226 cm³/mol. The molecule has 11 heteroatoms. The van der Waals surface area contributed by atoms with Gasteiger partial charge in [-0.25, -0.2) is 0 Å². The van der Waals surface area contributed by atoms with Crippen molar-refractivity contribution in [3.63, 3.8) is 0 Å². The lowest BCUT2D eigenvalue weighted by atomic mass is 9.93. The molecule has 3 N–H and O–H groups in total. The number of carbonyl (C=O) groups excluding carboxylic acids is 5. The summed E-state index contributed by atoms with van der Waals surface area (Å²) in [6.45, 7) is 12.2. The van der Waals surface area contributed by atoms with E-state index in [1.54, 1.807) is 24.8 Å². The van der Waals surface area contributed by atoms with Gasteiger partial charge in [-0.05, 0) is 73.3 Å². The number of allylic oxidation sites excluding steroid dienone is 2. The molecule has 0 spiro atoms. The van der Waals surface area contributed by atoms with E-state index in [4.69, 9.17) is 4.43 Å². The first kappa shape index (κ1) is 43.3.